The number of halogens is 2. The van der Waals surface area contributed by atoms with Crippen LogP contribution < -0.4 is 10.6 Å². The van der Waals surface area contributed by atoms with Gasteiger partial charge in [-0.2, -0.15) is 0 Å². The molecule has 0 amide bonds. The van der Waals surface area contributed by atoms with Crippen LogP contribution in [0, 0.1) is 0 Å². The minimum Gasteiger partial charge on any atom is -0.352 e. The Morgan fingerprint density at radius 1 is 1.10 bits per heavy atom. The summed E-state index contributed by atoms with van der Waals surface area (Å²) in [5, 5.41) is 7.65. The molecule has 0 bridgehead atoms. The number of aliphatic imine (C=N–C) groups is 1. The molecular weight excluding hydrogens is 307 g/mol. The zero-order chi connectivity index (χ0) is 15.1. The fraction of sp³-hybridized carbons (Fsp3) is 0.200. The predicted molar refractivity (Wildman–Crippen MR) is 87.7 cm³/mol. The van der Waals surface area contributed by atoms with Crippen molar-refractivity contribution in [2.24, 2.45) is 4.99 Å². The number of hydrogen-bond acceptors (Lipinski definition) is 2. The van der Waals surface area contributed by atoms with E-state index in [1.807, 2.05) is 30.3 Å². The van der Waals surface area contributed by atoms with E-state index in [-0.39, 0.29) is 0 Å². The van der Waals surface area contributed by atoms with Crippen LogP contribution in [-0.4, -0.2) is 18.0 Å². The number of guanidine groups is 1. The molecular formula is C15H16Cl2N4. The van der Waals surface area contributed by atoms with Gasteiger partial charge in [0.25, 0.3) is 0 Å². The van der Waals surface area contributed by atoms with Crippen LogP contribution in [0.2, 0.25) is 10.2 Å². The highest BCUT2D eigenvalue weighted by molar-refractivity contribution is 6.31. The molecule has 110 valence electrons. The van der Waals surface area contributed by atoms with Gasteiger partial charge in [0.05, 0.1) is 0 Å². The van der Waals surface area contributed by atoms with Crippen molar-refractivity contribution in [1.82, 2.24) is 15.6 Å². The molecule has 6 heteroatoms. The van der Waals surface area contributed by atoms with Gasteiger partial charge in [-0.25, -0.2) is 4.98 Å². The summed E-state index contributed by atoms with van der Waals surface area (Å²) in [6, 6.07) is 11.4. The quantitative estimate of drug-likeness (QED) is 0.516. The summed E-state index contributed by atoms with van der Waals surface area (Å²) in [6.45, 7) is 1.23. The highest BCUT2D eigenvalue weighted by Crippen LogP contribution is 2.14. The molecule has 0 aliphatic heterocycles. The number of benzene rings is 1. The van der Waals surface area contributed by atoms with Crippen LogP contribution in [0.25, 0.3) is 0 Å². The molecule has 0 fully saturated rings. The lowest BCUT2D eigenvalue weighted by Gasteiger charge is -2.12. The molecule has 4 nitrogen and oxygen atoms in total. The Labute approximate surface area is 134 Å². The van der Waals surface area contributed by atoms with Gasteiger partial charge in [-0.3, -0.25) is 4.99 Å². The van der Waals surface area contributed by atoms with Crippen molar-refractivity contribution < 1.29 is 0 Å². The van der Waals surface area contributed by atoms with Gasteiger partial charge in [0.1, 0.15) is 5.15 Å². The van der Waals surface area contributed by atoms with Gasteiger partial charge in [0.15, 0.2) is 5.96 Å². The summed E-state index contributed by atoms with van der Waals surface area (Å²) in [5.74, 6) is 0.699. The van der Waals surface area contributed by atoms with Crippen LogP contribution >= 0.6 is 23.2 Å². The van der Waals surface area contributed by atoms with Crippen molar-refractivity contribution in [1.29, 1.82) is 0 Å². The third kappa shape index (κ3) is 4.92. The third-order valence-electron chi connectivity index (χ3n) is 2.88. The monoisotopic (exact) mass is 322 g/mol. The van der Waals surface area contributed by atoms with Crippen LogP contribution in [0.15, 0.2) is 47.6 Å². The summed E-state index contributed by atoms with van der Waals surface area (Å²) in [7, 11) is 1.72. The maximum atomic E-state index is 6.12. The first kappa shape index (κ1) is 15.6. The minimum atomic E-state index is 0.486. The van der Waals surface area contributed by atoms with E-state index >= 15 is 0 Å². The molecule has 0 saturated carbocycles. The number of nitrogens with zero attached hydrogens (tertiary/aromatic N) is 2. The number of aromatic nitrogens is 1. The van der Waals surface area contributed by atoms with E-state index in [1.54, 1.807) is 19.3 Å². The highest BCUT2D eigenvalue weighted by atomic mass is 35.5. The van der Waals surface area contributed by atoms with Crippen molar-refractivity contribution in [2.45, 2.75) is 13.1 Å². The van der Waals surface area contributed by atoms with E-state index in [1.165, 1.54) is 0 Å². The summed E-state index contributed by atoms with van der Waals surface area (Å²) in [6.07, 6.45) is 1.73. The smallest absolute Gasteiger partial charge is 0.191 e. The summed E-state index contributed by atoms with van der Waals surface area (Å²) >= 11 is 11.9. The van der Waals surface area contributed by atoms with Gasteiger partial charge in [0, 0.05) is 31.4 Å². The first-order valence-electron chi connectivity index (χ1n) is 6.47. The Balaban J connectivity index is 1.86. The van der Waals surface area contributed by atoms with E-state index in [0.29, 0.717) is 24.2 Å². The Bertz CT molecular complexity index is 611. The minimum absolute atomic E-state index is 0.486. The van der Waals surface area contributed by atoms with Gasteiger partial charge in [-0.15, -0.1) is 0 Å². The van der Waals surface area contributed by atoms with E-state index in [0.717, 1.165) is 16.1 Å². The molecule has 21 heavy (non-hydrogen) atoms. The van der Waals surface area contributed by atoms with Gasteiger partial charge in [-0.1, -0.05) is 47.5 Å². The molecule has 2 N–H and O–H groups in total. The first-order chi connectivity index (χ1) is 10.2. The van der Waals surface area contributed by atoms with Crippen molar-refractivity contribution in [3.05, 3.63) is 63.9 Å². The molecule has 0 atom stereocenters. The van der Waals surface area contributed by atoms with E-state index in [2.05, 4.69) is 20.6 Å². The SMILES string of the molecule is CN=C(NCc1ccc(Cl)nc1)NCc1ccccc1Cl. The fourth-order valence-electron chi connectivity index (χ4n) is 1.74. The van der Waals surface area contributed by atoms with Crippen LogP contribution in [0.4, 0.5) is 0 Å². The normalized spacial score (nSPS) is 11.3. The average molecular weight is 323 g/mol. The molecule has 1 aromatic carbocycles. The lowest BCUT2D eigenvalue weighted by molar-refractivity contribution is 0.807. The lowest BCUT2D eigenvalue weighted by Crippen LogP contribution is -2.36. The van der Waals surface area contributed by atoms with Gasteiger partial charge in [-0.05, 0) is 23.3 Å². The fourth-order valence-corrected chi connectivity index (χ4v) is 2.05. The van der Waals surface area contributed by atoms with Crippen LogP contribution in [-0.2, 0) is 13.1 Å². The van der Waals surface area contributed by atoms with Crippen molar-refractivity contribution in [2.75, 3.05) is 7.05 Å². The third-order valence-corrected chi connectivity index (χ3v) is 3.47. The van der Waals surface area contributed by atoms with Crippen molar-refractivity contribution in [3.63, 3.8) is 0 Å². The molecule has 2 aromatic rings. The van der Waals surface area contributed by atoms with Crippen molar-refractivity contribution in [3.8, 4) is 0 Å². The standard InChI is InChI=1S/C15H16Cl2N4/c1-18-15(20-9-11-6-7-14(17)19-8-11)21-10-12-4-2-3-5-13(12)16/h2-8H,9-10H2,1H3,(H2,18,20,21). The number of nitrogens with one attached hydrogen (secondary N) is 2. The molecule has 2 rings (SSSR count). The molecule has 0 spiro atoms. The van der Waals surface area contributed by atoms with Gasteiger partial charge < -0.3 is 10.6 Å². The average Bonchev–Trinajstić information content (AvgIpc) is 2.51. The zero-order valence-corrected chi connectivity index (χ0v) is 13.1. The van der Waals surface area contributed by atoms with Gasteiger partial charge >= 0.3 is 0 Å². The highest BCUT2D eigenvalue weighted by Gasteiger charge is 2.02. The summed E-state index contributed by atoms with van der Waals surface area (Å²) in [5.41, 5.74) is 2.05. The Morgan fingerprint density at radius 3 is 2.52 bits per heavy atom. The number of hydrogen-bond donors (Lipinski definition) is 2. The molecule has 1 heterocycles. The maximum Gasteiger partial charge on any atom is 0.191 e. The molecule has 0 unspecified atom stereocenters. The van der Waals surface area contributed by atoms with E-state index in [4.69, 9.17) is 23.2 Å². The van der Waals surface area contributed by atoms with Gasteiger partial charge in [0.2, 0.25) is 0 Å². The second-order valence-electron chi connectivity index (χ2n) is 4.36. The lowest BCUT2D eigenvalue weighted by atomic mass is 10.2. The zero-order valence-electron chi connectivity index (χ0n) is 11.6. The molecule has 0 aliphatic rings. The second-order valence-corrected chi connectivity index (χ2v) is 5.15. The van der Waals surface area contributed by atoms with Crippen LogP contribution in [0.5, 0.6) is 0 Å². The number of pyridine rings is 1. The Kier molecular flexibility index (Phi) is 5.84. The summed E-state index contributed by atoms with van der Waals surface area (Å²) in [4.78, 5) is 8.21. The Morgan fingerprint density at radius 2 is 1.86 bits per heavy atom. The predicted octanol–water partition coefficient (Wildman–Crippen LogP) is 3.25. The molecule has 1 aromatic heterocycles. The van der Waals surface area contributed by atoms with E-state index in [9.17, 15) is 0 Å². The first-order valence-corrected chi connectivity index (χ1v) is 7.23. The second kappa shape index (κ2) is 7.86. The van der Waals surface area contributed by atoms with Crippen LogP contribution in [0.1, 0.15) is 11.1 Å². The van der Waals surface area contributed by atoms with E-state index < -0.39 is 0 Å². The topological polar surface area (TPSA) is 49.3 Å². The van der Waals surface area contributed by atoms with Crippen LogP contribution in [0.3, 0.4) is 0 Å². The molecule has 0 aliphatic carbocycles. The molecule has 0 radical (unpaired) electrons. The maximum absolute atomic E-state index is 6.12. The largest absolute Gasteiger partial charge is 0.352 e. The van der Waals surface area contributed by atoms with Crippen molar-refractivity contribution >= 4 is 29.2 Å². The Hall–Kier alpha value is -1.78. The summed E-state index contributed by atoms with van der Waals surface area (Å²) < 4.78 is 0. The molecule has 0 saturated heterocycles. The number of rotatable bonds is 4.